The summed E-state index contributed by atoms with van der Waals surface area (Å²) in [7, 11) is 0. The highest BCUT2D eigenvalue weighted by molar-refractivity contribution is 5.96. The van der Waals surface area contributed by atoms with E-state index in [-0.39, 0.29) is 113 Å². The van der Waals surface area contributed by atoms with Gasteiger partial charge in [-0.05, 0) is 131 Å². The number of rotatable bonds is 43. The normalized spacial score (nSPS) is 14.5. The zero-order valence-electron chi connectivity index (χ0n) is 51.0. The van der Waals surface area contributed by atoms with Crippen LogP contribution in [0, 0.1) is 35.5 Å². The van der Waals surface area contributed by atoms with Gasteiger partial charge in [0.1, 0.15) is 6.04 Å². The second kappa shape index (κ2) is 38.7. The number of nitrogens with two attached hydrogens (primary N) is 4. The molecule has 0 aliphatic carbocycles. The first-order valence-electron chi connectivity index (χ1n) is 30.8. The number of benzene rings is 4. The fourth-order valence-corrected chi connectivity index (χ4v) is 10.7. The van der Waals surface area contributed by atoms with E-state index in [4.69, 9.17) is 22.9 Å². The van der Waals surface area contributed by atoms with E-state index in [1.807, 2.05) is 149 Å². The Morgan fingerprint density at radius 2 is 0.721 bits per heavy atom. The Balaban J connectivity index is 1.37. The first-order valence-corrected chi connectivity index (χ1v) is 30.8. The van der Waals surface area contributed by atoms with Gasteiger partial charge in [0.25, 0.3) is 0 Å². The Labute approximate surface area is 508 Å². The van der Waals surface area contributed by atoms with Crippen LogP contribution in [0.25, 0.3) is 0 Å². The fraction of sp³-hybridized carbons (Fsp3) is 0.515. The zero-order valence-corrected chi connectivity index (χ0v) is 51.0. The first-order chi connectivity index (χ1) is 41.2. The molecule has 0 aliphatic heterocycles. The van der Waals surface area contributed by atoms with Crippen LogP contribution in [0.2, 0.25) is 0 Å². The summed E-state index contributed by atoms with van der Waals surface area (Å²) >= 11 is 0. The molecule has 0 bridgehead atoms. The number of aliphatic carboxylic acids is 1. The molecule has 0 unspecified atom stereocenters. The third kappa shape index (κ3) is 26.6. The van der Waals surface area contributed by atoms with Crippen molar-refractivity contribution >= 4 is 52.7 Å². The Kier molecular flexibility index (Phi) is 32.1. The van der Waals surface area contributed by atoms with Crippen LogP contribution in [0.15, 0.2) is 121 Å². The van der Waals surface area contributed by atoms with E-state index in [1.54, 1.807) is 0 Å². The Morgan fingerprint density at radius 1 is 0.395 bits per heavy atom. The maximum atomic E-state index is 14.3. The maximum Gasteiger partial charge on any atom is 0.326 e. The fourth-order valence-electron chi connectivity index (χ4n) is 10.7. The minimum Gasteiger partial charge on any atom is -0.480 e. The molecule has 13 N–H and O–H groups in total. The van der Waals surface area contributed by atoms with Crippen molar-refractivity contribution in [2.45, 2.75) is 167 Å². The largest absolute Gasteiger partial charge is 0.480 e. The van der Waals surface area contributed by atoms with Gasteiger partial charge in [-0.25, -0.2) is 4.79 Å². The molecule has 0 aromatic heterocycles. The van der Waals surface area contributed by atoms with Crippen molar-refractivity contribution in [3.8, 4) is 0 Å². The number of ketones is 4. The van der Waals surface area contributed by atoms with Crippen LogP contribution in [0.4, 0.5) is 0 Å². The molecule has 0 fully saturated rings. The summed E-state index contributed by atoms with van der Waals surface area (Å²) < 4.78 is 0. The van der Waals surface area contributed by atoms with Crippen LogP contribution in [0.3, 0.4) is 0 Å². The molecule has 0 saturated heterocycles. The van der Waals surface area contributed by atoms with Gasteiger partial charge in [-0.3, -0.25) is 38.4 Å². The van der Waals surface area contributed by atoms with Crippen molar-refractivity contribution in [1.82, 2.24) is 21.3 Å². The van der Waals surface area contributed by atoms with Gasteiger partial charge in [0, 0.05) is 55.9 Å². The maximum absolute atomic E-state index is 14.3. The van der Waals surface area contributed by atoms with E-state index in [9.17, 15) is 48.3 Å². The second-order valence-corrected chi connectivity index (χ2v) is 23.9. The molecule has 0 saturated carbocycles. The Hall–Kier alpha value is -7.25. The van der Waals surface area contributed by atoms with Crippen LogP contribution in [-0.2, 0) is 68.8 Å². The van der Waals surface area contributed by atoms with E-state index >= 15 is 0 Å². The summed E-state index contributed by atoms with van der Waals surface area (Å²) in [6.07, 6.45) is 2.73. The lowest BCUT2D eigenvalue weighted by molar-refractivity contribution is -0.143. The van der Waals surface area contributed by atoms with Crippen molar-refractivity contribution in [2.75, 3.05) is 19.6 Å². The highest BCUT2D eigenvalue weighted by Crippen LogP contribution is 2.23. The smallest absolute Gasteiger partial charge is 0.326 e. The summed E-state index contributed by atoms with van der Waals surface area (Å²) in [5, 5.41) is 21.7. The summed E-state index contributed by atoms with van der Waals surface area (Å²) in [5.41, 5.74) is 27.9. The van der Waals surface area contributed by atoms with Crippen molar-refractivity contribution in [3.63, 3.8) is 0 Å². The van der Waals surface area contributed by atoms with Crippen molar-refractivity contribution in [1.29, 1.82) is 0 Å². The van der Waals surface area contributed by atoms with Crippen molar-refractivity contribution in [3.05, 3.63) is 144 Å². The first kappa shape index (κ1) is 71.2. The van der Waals surface area contributed by atoms with Crippen molar-refractivity contribution < 1.29 is 48.3 Å². The lowest BCUT2D eigenvalue weighted by Crippen LogP contribution is -2.48. The van der Waals surface area contributed by atoms with Gasteiger partial charge in [-0.2, -0.15) is 0 Å². The number of nitrogens with one attached hydrogen (secondary N) is 4. The second-order valence-electron chi connectivity index (χ2n) is 23.9. The summed E-state index contributed by atoms with van der Waals surface area (Å²) in [6, 6.07) is 32.3. The standard InChI is InChI=1S/C68H96N8O10/c1-45(2)35-58(75-66(83)53(37-47-21-9-5-10-22-47)43-60(77)55(71)39-49-25-13-7-14-26-49)62(79)41-51(29-19-32-69)64(81)73-34-18-17-31-57(68(85)86)74-65(82)52(30-20-33-70)42-63(80)59(36-46(3)4)76-67(84)54(38-48-23-11-6-12-24-48)44-61(78)56(72)40-50-27-15-8-16-28-50/h5-16,21-28,45-46,51-59H,17-20,29-44,69-72H2,1-4H3,(H,73,81)(H,74,82)(H,75,83)(H,76,84)(H,85,86)/t51-,52-,53-,54-,55+,56+,57-,58+,59+/m0/s1. The molecule has 4 aromatic carbocycles. The van der Waals surface area contributed by atoms with Crippen molar-refractivity contribution in [2.24, 2.45) is 58.4 Å². The molecule has 0 radical (unpaired) electrons. The molecule has 18 heteroatoms. The highest BCUT2D eigenvalue weighted by atomic mass is 16.4. The van der Waals surface area contributed by atoms with Crippen LogP contribution >= 0.6 is 0 Å². The lowest BCUT2D eigenvalue weighted by atomic mass is 9.88. The predicted molar refractivity (Wildman–Crippen MR) is 335 cm³/mol. The number of hydrogen-bond acceptors (Lipinski definition) is 13. The predicted octanol–water partition coefficient (Wildman–Crippen LogP) is 6.31. The lowest BCUT2D eigenvalue weighted by Gasteiger charge is -2.26. The molecule has 4 amide bonds. The van der Waals surface area contributed by atoms with Crippen LogP contribution in [0.5, 0.6) is 0 Å². The van der Waals surface area contributed by atoms with Gasteiger partial charge in [0.15, 0.2) is 23.1 Å². The molecule has 0 aliphatic rings. The Bertz CT molecular complexity index is 2730. The summed E-state index contributed by atoms with van der Waals surface area (Å²) in [4.78, 5) is 124. The highest BCUT2D eigenvalue weighted by Gasteiger charge is 2.35. The molecule has 18 nitrogen and oxygen atoms in total. The number of carboxylic acid groups (broad SMARTS) is 1. The number of unbranched alkanes of at least 4 members (excludes halogenated alkanes) is 1. The van der Waals surface area contributed by atoms with E-state index in [0.29, 0.717) is 44.9 Å². The topological polar surface area (TPSA) is 326 Å². The number of carbonyl (C=O) groups is 9. The third-order valence-corrected chi connectivity index (χ3v) is 15.5. The van der Waals surface area contributed by atoms with Gasteiger partial charge >= 0.3 is 5.97 Å². The Morgan fingerprint density at radius 3 is 1.07 bits per heavy atom. The third-order valence-electron chi connectivity index (χ3n) is 15.5. The molecular weight excluding hydrogens is 1090 g/mol. The molecule has 86 heavy (non-hydrogen) atoms. The summed E-state index contributed by atoms with van der Waals surface area (Å²) in [6.45, 7) is 8.27. The quantitative estimate of drug-likeness (QED) is 0.0220. The monoisotopic (exact) mass is 1180 g/mol. The van der Waals surface area contributed by atoms with E-state index in [1.165, 1.54) is 0 Å². The number of carboxylic acids is 1. The van der Waals surface area contributed by atoms with Gasteiger partial charge in [-0.1, -0.05) is 149 Å². The number of amides is 4. The average Bonchev–Trinajstić information content (AvgIpc) is 3.62. The molecule has 0 heterocycles. The van der Waals surface area contributed by atoms with Gasteiger partial charge in [0.2, 0.25) is 23.6 Å². The van der Waals surface area contributed by atoms with Gasteiger partial charge in [-0.15, -0.1) is 0 Å². The van der Waals surface area contributed by atoms with Crippen LogP contribution in [0.1, 0.15) is 133 Å². The summed E-state index contributed by atoms with van der Waals surface area (Å²) in [5.74, 6) is -8.09. The SMILES string of the molecule is CC(C)C[C@@H](NC(=O)[C@H](CC(=O)[C@H](N)Cc1ccccc1)Cc1ccccc1)C(=O)C[C@H](CCCN)C(=O)NCCCC[C@H](NC(=O)[C@@H](CCCN)CC(=O)[C@@H](CC(C)C)NC(=O)[C@H](CC(=O)[C@H](N)Cc1ccccc1)Cc1ccccc1)C(=O)O. The number of hydrogen-bond donors (Lipinski definition) is 9. The van der Waals surface area contributed by atoms with E-state index in [0.717, 1.165) is 22.3 Å². The van der Waals surface area contributed by atoms with Crippen LogP contribution < -0.4 is 44.2 Å². The molecule has 0 spiro atoms. The minimum atomic E-state index is -1.33. The molecule has 4 rings (SSSR count). The average molecular weight is 1190 g/mol. The van der Waals surface area contributed by atoms with Crippen LogP contribution in [-0.4, -0.2) is 108 Å². The number of carbonyl (C=O) groups excluding carboxylic acids is 8. The molecule has 468 valence electrons. The van der Waals surface area contributed by atoms with Gasteiger partial charge in [0.05, 0.1) is 24.2 Å². The number of Topliss-reactive ketones (excluding diaryl/α,β-unsaturated/α-hetero) is 4. The van der Waals surface area contributed by atoms with E-state index in [2.05, 4.69) is 21.3 Å². The minimum absolute atomic E-state index is 0.00143. The van der Waals surface area contributed by atoms with Gasteiger partial charge < -0.3 is 49.3 Å². The molecule has 9 atom stereocenters. The molecular formula is C68H96N8O10. The van der Waals surface area contributed by atoms with E-state index < -0.39 is 89.3 Å². The zero-order chi connectivity index (χ0) is 63.0. The molecule has 4 aromatic rings.